The second kappa shape index (κ2) is 18.1. The first-order valence-corrected chi connectivity index (χ1v) is 10.6. The van der Waals surface area contributed by atoms with Crippen molar-refractivity contribution < 1.29 is 28.5 Å². The number of ether oxygens (including phenoxy) is 4. The number of likely N-dealkylation sites (N-methyl/N-ethyl adjacent to an activating group) is 1. The maximum atomic E-state index is 12.1. The molecule has 0 heterocycles. The zero-order valence-corrected chi connectivity index (χ0v) is 18.9. The number of carbonyl (C=O) groups is 2. The fourth-order valence-electron chi connectivity index (χ4n) is 2.34. The first-order chi connectivity index (χ1) is 15.6. The summed E-state index contributed by atoms with van der Waals surface area (Å²) in [7, 11) is 1.82. The predicted molar refractivity (Wildman–Crippen MR) is 122 cm³/mol. The van der Waals surface area contributed by atoms with Crippen molar-refractivity contribution in [3.8, 4) is 5.75 Å². The van der Waals surface area contributed by atoms with Crippen LogP contribution in [0.4, 0.5) is 0 Å². The van der Waals surface area contributed by atoms with Gasteiger partial charge in [-0.3, -0.25) is 9.59 Å². The molecule has 1 aromatic rings. The van der Waals surface area contributed by atoms with Gasteiger partial charge in [0.1, 0.15) is 25.2 Å². The molecule has 0 aliphatic heterocycles. The minimum Gasteiger partial charge on any atom is -0.489 e. The molecule has 0 fully saturated rings. The molecule has 0 aliphatic carbocycles. The van der Waals surface area contributed by atoms with E-state index in [1.807, 2.05) is 26.1 Å². The van der Waals surface area contributed by atoms with Gasteiger partial charge in [0.25, 0.3) is 5.91 Å². The Bertz CT molecular complexity index is 686. The highest BCUT2D eigenvalue weighted by atomic mass is 16.6. The number of nitrogens with two attached hydrogens (primary N) is 1. The van der Waals surface area contributed by atoms with Gasteiger partial charge in [0.2, 0.25) is 5.91 Å². The van der Waals surface area contributed by atoms with E-state index in [0.29, 0.717) is 44.2 Å². The normalized spacial score (nSPS) is 12.0. The number of amides is 2. The summed E-state index contributed by atoms with van der Waals surface area (Å²) in [5.74, 6) is 0.128. The highest BCUT2D eigenvalue weighted by molar-refractivity contribution is 5.94. The van der Waals surface area contributed by atoms with Gasteiger partial charge in [0.15, 0.2) is 0 Å². The number of rotatable bonds is 18. The monoisotopic (exact) mass is 452 g/mol. The van der Waals surface area contributed by atoms with Gasteiger partial charge >= 0.3 is 0 Å². The Hall–Kier alpha value is -2.50. The standard InChI is InChI=1S/C22H36N4O6/c1-3-4-11-29-12-10-25-21(27)17-30-13-14-31-20(23)16-32-19-7-5-6-18(15-19)22(28)26-9-8-24-2/h3-7,15,20,24H,8-14,16-17,23H2,1-2H3,(H,25,27)(H,26,28)/b4-3+. The van der Waals surface area contributed by atoms with E-state index in [-0.39, 0.29) is 38.2 Å². The summed E-state index contributed by atoms with van der Waals surface area (Å²) in [6.07, 6.45) is 3.12. The maximum absolute atomic E-state index is 12.1. The van der Waals surface area contributed by atoms with Crippen LogP contribution < -0.4 is 26.4 Å². The average Bonchev–Trinajstić information content (AvgIpc) is 2.80. The maximum Gasteiger partial charge on any atom is 0.251 e. The minimum absolute atomic E-state index is 0.0624. The molecule has 5 N–H and O–H groups in total. The molecule has 10 nitrogen and oxygen atoms in total. The summed E-state index contributed by atoms with van der Waals surface area (Å²) in [5, 5.41) is 8.46. The van der Waals surface area contributed by atoms with Crippen molar-refractivity contribution in [2.75, 3.05) is 66.3 Å². The summed E-state index contributed by atoms with van der Waals surface area (Å²) in [5.41, 5.74) is 6.37. The lowest BCUT2D eigenvalue weighted by atomic mass is 10.2. The lowest BCUT2D eigenvalue weighted by Crippen LogP contribution is -2.33. The quantitative estimate of drug-likeness (QED) is 0.139. The average molecular weight is 453 g/mol. The highest BCUT2D eigenvalue weighted by Crippen LogP contribution is 2.13. The largest absolute Gasteiger partial charge is 0.489 e. The summed E-state index contributed by atoms with van der Waals surface area (Å²) in [4.78, 5) is 23.7. The van der Waals surface area contributed by atoms with Crippen molar-refractivity contribution in [3.05, 3.63) is 42.0 Å². The van der Waals surface area contributed by atoms with Gasteiger partial charge in [-0.05, 0) is 32.2 Å². The third-order valence-corrected chi connectivity index (χ3v) is 3.98. The molecule has 0 bridgehead atoms. The molecule has 1 unspecified atom stereocenters. The van der Waals surface area contributed by atoms with Crippen LogP contribution in [0.1, 0.15) is 17.3 Å². The highest BCUT2D eigenvalue weighted by Gasteiger charge is 2.08. The zero-order valence-electron chi connectivity index (χ0n) is 18.9. The Morgan fingerprint density at radius 1 is 1.09 bits per heavy atom. The second-order valence-electron chi connectivity index (χ2n) is 6.65. The van der Waals surface area contributed by atoms with E-state index < -0.39 is 6.23 Å². The van der Waals surface area contributed by atoms with Gasteiger partial charge in [-0.2, -0.15) is 0 Å². The lowest BCUT2D eigenvalue weighted by molar-refractivity contribution is -0.126. The van der Waals surface area contributed by atoms with Crippen molar-refractivity contribution in [1.29, 1.82) is 0 Å². The van der Waals surface area contributed by atoms with Gasteiger partial charge in [-0.25, -0.2) is 0 Å². The molecule has 1 aromatic carbocycles. The molecule has 0 aromatic heterocycles. The molecule has 2 amide bonds. The Kier molecular flexibility index (Phi) is 15.6. The van der Waals surface area contributed by atoms with E-state index in [9.17, 15) is 9.59 Å². The Morgan fingerprint density at radius 2 is 1.94 bits per heavy atom. The number of hydrogen-bond donors (Lipinski definition) is 4. The molecule has 180 valence electrons. The summed E-state index contributed by atoms with van der Waals surface area (Å²) in [6, 6.07) is 6.84. The molecular formula is C22H36N4O6. The number of hydrogen-bond acceptors (Lipinski definition) is 8. The molecule has 0 spiro atoms. The van der Waals surface area contributed by atoms with Crippen molar-refractivity contribution >= 4 is 11.8 Å². The minimum atomic E-state index is -0.671. The van der Waals surface area contributed by atoms with E-state index in [0.717, 1.165) is 0 Å². The molecule has 0 radical (unpaired) electrons. The molecule has 10 heteroatoms. The fourth-order valence-corrected chi connectivity index (χ4v) is 2.34. The number of carbonyl (C=O) groups excluding carboxylic acids is 2. The second-order valence-corrected chi connectivity index (χ2v) is 6.65. The van der Waals surface area contributed by atoms with Gasteiger partial charge < -0.3 is 40.6 Å². The van der Waals surface area contributed by atoms with Crippen LogP contribution >= 0.6 is 0 Å². The van der Waals surface area contributed by atoms with Crippen LogP contribution in [-0.2, 0) is 19.0 Å². The molecule has 0 aliphatic rings. The smallest absolute Gasteiger partial charge is 0.251 e. The van der Waals surface area contributed by atoms with Crippen LogP contribution in [-0.4, -0.2) is 84.4 Å². The van der Waals surface area contributed by atoms with Crippen LogP contribution in [0, 0.1) is 0 Å². The SMILES string of the molecule is C/C=C/COCCNC(=O)COCCOC(N)COc1cccc(C(=O)NCCNC)c1. The fraction of sp³-hybridized carbons (Fsp3) is 0.545. The van der Waals surface area contributed by atoms with E-state index >= 15 is 0 Å². The predicted octanol–water partition coefficient (Wildman–Crippen LogP) is 0.0415. The summed E-state index contributed by atoms with van der Waals surface area (Å²) in [6.45, 7) is 5.03. The molecular weight excluding hydrogens is 416 g/mol. The summed E-state index contributed by atoms with van der Waals surface area (Å²) < 4.78 is 21.5. The molecule has 32 heavy (non-hydrogen) atoms. The van der Waals surface area contributed by atoms with Crippen LogP contribution in [0.5, 0.6) is 5.75 Å². The van der Waals surface area contributed by atoms with E-state index in [2.05, 4.69) is 16.0 Å². The van der Waals surface area contributed by atoms with Gasteiger partial charge in [0.05, 0.1) is 26.4 Å². The Labute approximate surface area is 189 Å². The third kappa shape index (κ3) is 13.7. The van der Waals surface area contributed by atoms with Crippen LogP contribution in [0.15, 0.2) is 36.4 Å². The van der Waals surface area contributed by atoms with Crippen molar-refractivity contribution in [3.63, 3.8) is 0 Å². The van der Waals surface area contributed by atoms with Crippen molar-refractivity contribution in [2.45, 2.75) is 13.2 Å². The van der Waals surface area contributed by atoms with E-state index in [1.54, 1.807) is 24.3 Å². The van der Waals surface area contributed by atoms with Crippen molar-refractivity contribution in [1.82, 2.24) is 16.0 Å². The van der Waals surface area contributed by atoms with Gasteiger partial charge in [-0.1, -0.05) is 18.2 Å². The molecule has 0 saturated heterocycles. The molecule has 1 atom stereocenters. The molecule has 0 saturated carbocycles. The van der Waals surface area contributed by atoms with Gasteiger partial charge in [0, 0.05) is 25.2 Å². The number of nitrogens with one attached hydrogen (secondary N) is 3. The third-order valence-electron chi connectivity index (χ3n) is 3.98. The van der Waals surface area contributed by atoms with Crippen LogP contribution in [0.25, 0.3) is 0 Å². The van der Waals surface area contributed by atoms with E-state index in [1.165, 1.54) is 0 Å². The Morgan fingerprint density at radius 3 is 2.72 bits per heavy atom. The number of allylic oxidation sites excluding steroid dienone is 1. The number of benzene rings is 1. The van der Waals surface area contributed by atoms with Crippen LogP contribution in [0.3, 0.4) is 0 Å². The lowest BCUT2D eigenvalue weighted by Gasteiger charge is -2.15. The van der Waals surface area contributed by atoms with E-state index in [4.69, 9.17) is 24.7 Å². The van der Waals surface area contributed by atoms with Crippen molar-refractivity contribution in [2.24, 2.45) is 5.73 Å². The van der Waals surface area contributed by atoms with Gasteiger partial charge in [-0.15, -0.1) is 0 Å². The molecule has 1 rings (SSSR count). The zero-order chi connectivity index (χ0) is 23.4. The topological polar surface area (TPSA) is 133 Å². The first kappa shape index (κ1) is 27.5. The Balaban J connectivity index is 2.12. The first-order valence-electron chi connectivity index (χ1n) is 10.6. The van der Waals surface area contributed by atoms with Crippen LogP contribution in [0.2, 0.25) is 0 Å². The summed E-state index contributed by atoms with van der Waals surface area (Å²) >= 11 is 0.